The average Bonchev–Trinajstić information content (AvgIpc) is 3.51. The number of H-pyrrole nitrogens is 1. The molecule has 0 radical (unpaired) electrons. The van der Waals surface area contributed by atoms with Crippen molar-refractivity contribution >= 4 is 28.3 Å². The van der Waals surface area contributed by atoms with Gasteiger partial charge in [-0.05, 0) is 86.4 Å². The average molecular weight is 726 g/mol. The first-order valence-electron chi connectivity index (χ1n) is 16.2. The van der Waals surface area contributed by atoms with Crippen molar-refractivity contribution in [3.05, 3.63) is 104 Å². The van der Waals surface area contributed by atoms with Crippen LogP contribution in [-0.2, 0) is 19.3 Å². The van der Waals surface area contributed by atoms with Gasteiger partial charge in [-0.3, -0.25) is 9.78 Å². The quantitative estimate of drug-likeness (QED) is 0.138. The van der Waals surface area contributed by atoms with Crippen LogP contribution in [0.1, 0.15) is 35.1 Å². The van der Waals surface area contributed by atoms with Crippen LogP contribution >= 0.6 is 11.6 Å². The fourth-order valence-corrected chi connectivity index (χ4v) is 6.59. The molecule has 6 rings (SSSR count). The lowest BCUT2D eigenvalue weighted by Gasteiger charge is -2.27. The number of hydrogen-bond acceptors (Lipinski definition) is 8. The normalized spacial score (nSPS) is 15.0. The second-order valence-corrected chi connectivity index (χ2v) is 12.9. The van der Waals surface area contributed by atoms with Crippen LogP contribution in [0.25, 0.3) is 22.2 Å². The summed E-state index contributed by atoms with van der Waals surface area (Å²) in [5.74, 6) is 0.193. The number of benzene rings is 3. The predicted molar refractivity (Wildman–Crippen MR) is 187 cm³/mol. The summed E-state index contributed by atoms with van der Waals surface area (Å²) in [6, 6.07) is 16.7. The molecule has 1 N–H and O–H groups in total. The SMILES string of the molecule is COc1ccc(CN(Cc2ccc(OC)cc2)c2cc(C)c(C(F)(F)F)c(-c3c(Cl)cc4c(=O)[nH]c(OC[C@@H]5CCCN5C)nc4c3F)n2)cc1. The fraction of sp³-hybridized carbons (Fsp3) is 0.324. The Morgan fingerprint density at radius 1 is 0.980 bits per heavy atom. The molecular weight excluding hydrogens is 690 g/mol. The van der Waals surface area contributed by atoms with Crippen molar-refractivity contribution in [2.24, 2.45) is 0 Å². The number of aryl methyl sites for hydroxylation is 1. The summed E-state index contributed by atoms with van der Waals surface area (Å²) in [7, 11) is 5.04. The molecule has 5 aromatic rings. The minimum Gasteiger partial charge on any atom is -0.497 e. The highest BCUT2D eigenvalue weighted by Gasteiger charge is 2.39. The Morgan fingerprint density at radius 3 is 2.12 bits per heavy atom. The zero-order valence-electron chi connectivity index (χ0n) is 28.4. The van der Waals surface area contributed by atoms with E-state index in [-0.39, 0.29) is 48.5 Å². The van der Waals surface area contributed by atoms with E-state index < -0.39 is 44.9 Å². The van der Waals surface area contributed by atoms with Gasteiger partial charge in [-0.1, -0.05) is 35.9 Å². The minimum atomic E-state index is -4.93. The van der Waals surface area contributed by atoms with E-state index in [1.165, 1.54) is 13.0 Å². The van der Waals surface area contributed by atoms with Gasteiger partial charge in [-0.25, -0.2) is 9.37 Å². The van der Waals surface area contributed by atoms with E-state index in [1.54, 1.807) is 43.4 Å². The monoisotopic (exact) mass is 725 g/mol. The maximum absolute atomic E-state index is 16.6. The smallest absolute Gasteiger partial charge is 0.418 e. The van der Waals surface area contributed by atoms with E-state index in [2.05, 4.69) is 19.9 Å². The van der Waals surface area contributed by atoms with Gasteiger partial charge in [0.25, 0.3) is 11.6 Å². The number of pyridine rings is 1. The third kappa shape index (κ3) is 7.74. The van der Waals surface area contributed by atoms with Gasteiger partial charge in [0.1, 0.15) is 29.4 Å². The van der Waals surface area contributed by atoms with Crippen LogP contribution in [0.15, 0.2) is 65.5 Å². The number of halogens is 5. The number of hydrogen-bond donors (Lipinski definition) is 1. The van der Waals surface area contributed by atoms with Gasteiger partial charge in [-0.2, -0.15) is 18.2 Å². The number of alkyl halides is 3. The van der Waals surface area contributed by atoms with Gasteiger partial charge in [0, 0.05) is 19.1 Å². The summed E-state index contributed by atoms with van der Waals surface area (Å²) in [4.78, 5) is 28.1. The first kappa shape index (κ1) is 35.9. The largest absolute Gasteiger partial charge is 0.497 e. The molecule has 0 saturated carbocycles. The highest BCUT2D eigenvalue weighted by molar-refractivity contribution is 6.34. The van der Waals surface area contributed by atoms with Crippen LogP contribution in [-0.4, -0.2) is 60.3 Å². The van der Waals surface area contributed by atoms with Crippen molar-refractivity contribution in [3.8, 4) is 28.8 Å². The number of fused-ring (bicyclic) bond motifs is 1. The van der Waals surface area contributed by atoms with E-state index in [0.717, 1.165) is 36.6 Å². The summed E-state index contributed by atoms with van der Waals surface area (Å²) < 4.78 is 77.4. The molecule has 0 aliphatic carbocycles. The summed E-state index contributed by atoms with van der Waals surface area (Å²) in [6.07, 6.45) is -3.08. The van der Waals surface area contributed by atoms with Gasteiger partial charge in [0.15, 0.2) is 5.82 Å². The van der Waals surface area contributed by atoms with E-state index in [0.29, 0.717) is 11.5 Å². The Balaban J connectivity index is 1.48. The third-order valence-corrected chi connectivity index (χ3v) is 9.37. The Bertz CT molecular complexity index is 2040. The lowest BCUT2D eigenvalue weighted by Crippen LogP contribution is -2.31. The van der Waals surface area contributed by atoms with Crippen LogP contribution in [0.4, 0.5) is 23.4 Å². The number of aromatic amines is 1. The molecular formula is C37H36ClF4N5O4. The maximum Gasteiger partial charge on any atom is 0.418 e. The molecule has 0 spiro atoms. The number of ether oxygens (including phenoxy) is 3. The topological polar surface area (TPSA) is 92.8 Å². The van der Waals surface area contributed by atoms with Crippen molar-refractivity contribution < 1.29 is 31.8 Å². The first-order valence-corrected chi connectivity index (χ1v) is 16.6. The van der Waals surface area contributed by atoms with Crippen LogP contribution in [0.3, 0.4) is 0 Å². The number of likely N-dealkylation sites (N-methyl/N-ethyl adjacent to an activating group) is 1. The van der Waals surface area contributed by atoms with E-state index >= 15 is 4.39 Å². The Hall–Kier alpha value is -4.88. The van der Waals surface area contributed by atoms with Gasteiger partial charge in [0.2, 0.25) is 0 Å². The number of anilines is 1. The molecule has 9 nitrogen and oxygen atoms in total. The van der Waals surface area contributed by atoms with Gasteiger partial charge in [-0.15, -0.1) is 0 Å². The first-order chi connectivity index (χ1) is 24.4. The number of nitrogens with one attached hydrogen (secondary N) is 1. The van der Waals surface area contributed by atoms with E-state index in [9.17, 15) is 18.0 Å². The van der Waals surface area contributed by atoms with Gasteiger partial charge < -0.3 is 24.0 Å². The summed E-state index contributed by atoms with van der Waals surface area (Å²) in [6.45, 7) is 2.82. The zero-order valence-corrected chi connectivity index (χ0v) is 29.2. The summed E-state index contributed by atoms with van der Waals surface area (Å²) in [5, 5.41) is -0.673. The lowest BCUT2D eigenvalue weighted by atomic mass is 9.99. The fourth-order valence-electron chi connectivity index (χ4n) is 6.31. The molecule has 0 bridgehead atoms. The van der Waals surface area contributed by atoms with Crippen molar-refractivity contribution in [3.63, 3.8) is 0 Å². The number of rotatable bonds is 11. The molecule has 14 heteroatoms. The molecule has 268 valence electrons. The lowest BCUT2D eigenvalue weighted by molar-refractivity contribution is -0.137. The van der Waals surface area contributed by atoms with Crippen LogP contribution in [0.2, 0.25) is 5.02 Å². The molecule has 1 saturated heterocycles. The molecule has 1 aliphatic heterocycles. The van der Waals surface area contributed by atoms with Crippen molar-refractivity contribution in [1.82, 2.24) is 19.9 Å². The highest BCUT2D eigenvalue weighted by atomic mass is 35.5. The number of nitrogens with zero attached hydrogens (tertiary/aromatic N) is 4. The second-order valence-electron chi connectivity index (χ2n) is 12.5. The third-order valence-electron chi connectivity index (χ3n) is 9.07. The van der Waals surface area contributed by atoms with E-state index in [4.69, 9.17) is 25.8 Å². The van der Waals surface area contributed by atoms with Gasteiger partial charge >= 0.3 is 6.18 Å². The molecule has 1 fully saturated rings. The molecule has 3 aromatic carbocycles. The molecule has 0 amide bonds. The number of aromatic nitrogens is 3. The maximum atomic E-state index is 16.6. The Morgan fingerprint density at radius 2 is 1.59 bits per heavy atom. The van der Waals surface area contributed by atoms with Crippen LogP contribution in [0.5, 0.6) is 17.5 Å². The minimum absolute atomic E-state index is 0.0691. The standard InChI is InChI=1S/C37H36ClF4N5O4/c1-21-16-29(47(18-22-7-11-25(49-3)12-8-22)19-23-9-13-26(50-4)14-10-23)43-34(31(21)37(40,41)42)30-28(38)17-27-33(32(30)39)44-36(45-35(27)48)51-20-24-6-5-15-46(24)2/h7-14,16-17,24H,5-6,15,18-20H2,1-4H3,(H,44,45,48)/t24-/m0/s1. The highest BCUT2D eigenvalue weighted by Crippen LogP contribution is 2.44. The predicted octanol–water partition coefficient (Wildman–Crippen LogP) is 7.80. The molecule has 51 heavy (non-hydrogen) atoms. The molecule has 2 aromatic heterocycles. The van der Waals surface area contributed by atoms with Crippen molar-refractivity contribution in [2.75, 3.05) is 39.3 Å². The summed E-state index contributed by atoms with van der Waals surface area (Å²) >= 11 is 6.54. The molecule has 1 atom stereocenters. The van der Waals surface area contributed by atoms with Crippen LogP contribution < -0.4 is 24.7 Å². The van der Waals surface area contributed by atoms with Crippen molar-refractivity contribution in [1.29, 1.82) is 0 Å². The second kappa shape index (κ2) is 14.8. The molecule has 0 unspecified atom stereocenters. The Kier molecular flexibility index (Phi) is 10.4. The zero-order chi connectivity index (χ0) is 36.4. The van der Waals surface area contributed by atoms with Crippen LogP contribution in [0, 0.1) is 12.7 Å². The number of likely N-dealkylation sites (tertiary alicyclic amines) is 1. The van der Waals surface area contributed by atoms with Gasteiger partial charge in [0.05, 0.1) is 41.4 Å². The van der Waals surface area contributed by atoms with Crippen molar-refractivity contribution in [2.45, 2.75) is 45.1 Å². The molecule has 3 heterocycles. The molecule has 1 aliphatic rings. The number of methoxy groups -OCH3 is 2. The Labute approximate surface area is 296 Å². The van der Waals surface area contributed by atoms with E-state index in [1.807, 2.05) is 31.3 Å². The summed E-state index contributed by atoms with van der Waals surface area (Å²) in [5.41, 5.74) is -2.31.